The van der Waals surface area contributed by atoms with Crippen LogP contribution in [0, 0.1) is 11.3 Å². The summed E-state index contributed by atoms with van der Waals surface area (Å²) >= 11 is 0. The highest BCUT2D eigenvalue weighted by Crippen LogP contribution is 2.57. The fourth-order valence-corrected chi connectivity index (χ4v) is 7.91. The van der Waals surface area contributed by atoms with E-state index in [2.05, 4.69) is 133 Å². The topological polar surface area (TPSA) is 62.7 Å². The minimum atomic E-state index is -0.576. The summed E-state index contributed by atoms with van der Waals surface area (Å²) in [5.74, 6) is 0. The molecule has 10 rings (SSSR count). The van der Waals surface area contributed by atoms with Crippen molar-refractivity contribution in [1.29, 1.82) is 5.26 Å². The van der Waals surface area contributed by atoms with E-state index in [-0.39, 0.29) is 0 Å². The van der Waals surface area contributed by atoms with Gasteiger partial charge in [-0.1, -0.05) is 121 Å². The third-order valence-electron chi connectivity index (χ3n) is 10.2. The first-order chi connectivity index (χ1) is 24.7. The van der Waals surface area contributed by atoms with Crippen LogP contribution in [0.15, 0.2) is 168 Å². The first kappa shape index (κ1) is 28.2. The van der Waals surface area contributed by atoms with Gasteiger partial charge in [0.25, 0.3) is 0 Å². The number of aromatic nitrogens is 2. The second kappa shape index (κ2) is 10.8. The van der Waals surface area contributed by atoms with E-state index in [0.717, 1.165) is 60.9 Å². The highest BCUT2D eigenvalue weighted by atomic mass is 16.3. The van der Waals surface area contributed by atoms with Crippen molar-refractivity contribution < 1.29 is 4.42 Å². The molecule has 0 radical (unpaired) electrons. The number of rotatable bonds is 4. The largest absolute Gasteiger partial charge is 0.436 e. The van der Waals surface area contributed by atoms with Crippen molar-refractivity contribution in [2.75, 3.05) is 0 Å². The summed E-state index contributed by atoms with van der Waals surface area (Å²) in [7, 11) is 0. The third-order valence-corrected chi connectivity index (χ3v) is 10.2. The molecule has 0 aliphatic heterocycles. The van der Waals surface area contributed by atoms with Gasteiger partial charge in [0.05, 0.1) is 28.1 Å². The summed E-state index contributed by atoms with van der Waals surface area (Å²) in [5, 5.41) is 10.9. The molecule has 4 nitrogen and oxygen atoms in total. The monoisotopic (exact) mass is 637 g/mol. The Morgan fingerprint density at radius 1 is 0.500 bits per heavy atom. The Bertz CT molecular complexity index is 2770. The Labute approximate surface area is 288 Å². The summed E-state index contributed by atoms with van der Waals surface area (Å²) in [4.78, 5) is 9.61. The lowest BCUT2D eigenvalue weighted by Crippen LogP contribution is -2.28. The van der Waals surface area contributed by atoms with E-state index >= 15 is 0 Å². The van der Waals surface area contributed by atoms with Gasteiger partial charge in [-0.15, -0.1) is 0 Å². The number of hydrogen-bond acceptors (Lipinski definition) is 4. The standard InChI is InChI=1S/C46H27N3O/c47-28-29-15-22-36-37-23-20-33(27-40(37)46(39(36)25-29,34-9-3-1-4-10-34)35-11-5-2-6-12-35)31-18-16-30(17-19-31)32-21-24-43-38(26-32)44-45(50-43)49-42-14-8-7-13-41(42)48-44/h1-27H. The van der Waals surface area contributed by atoms with Crippen molar-refractivity contribution in [1.82, 2.24) is 9.97 Å². The van der Waals surface area contributed by atoms with Crippen LogP contribution in [0.3, 0.4) is 0 Å². The Morgan fingerprint density at radius 2 is 1.04 bits per heavy atom. The molecule has 0 atom stereocenters. The molecule has 1 aliphatic carbocycles. The van der Waals surface area contributed by atoms with Crippen molar-refractivity contribution in [3.8, 4) is 39.4 Å². The Hall–Kier alpha value is -6.83. The summed E-state index contributed by atoms with van der Waals surface area (Å²) in [6.45, 7) is 0. The van der Waals surface area contributed by atoms with Crippen molar-refractivity contribution in [3.63, 3.8) is 0 Å². The van der Waals surface area contributed by atoms with Gasteiger partial charge in [-0.25, -0.2) is 9.97 Å². The number of para-hydroxylation sites is 2. The molecule has 9 aromatic rings. The molecular weight excluding hydrogens is 611 g/mol. The molecule has 0 saturated heterocycles. The molecule has 2 heterocycles. The van der Waals surface area contributed by atoms with Crippen LogP contribution >= 0.6 is 0 Å². The summed E-state index contributed by atoms with van der Waals surface area (Å²) in [6.07, 6.45) is 0. The number of nitrogens with zero attached hydrogens (tertiary/aromatic N) is 3. The molecule has 2 aromatic heterocycles. The van der Waals surface area contributed by atoms with Gasteiger partial charge in [0.1, 0.15) is 11.1 Å². The van der Waals surface area contributed by atoms with E-state index in [1.165, 1.54) is 22.3 Å². The quantitative estimate of drug-likeness (QED) is 0.193. The Balaban J connectivity index is 1.10. The number of benzene rings is 7. The van der Waals surface area contributed by atoms with Gasteiger partial charge in [0.15, 0.2) is 0 Å². The molecule has 7 aromatic carbocycles. The van der Waals surface area contributed by atoms with E-state index in [4.69, 9.17) is 14.4 Å². The first-order valence-electron chi connectivity index (χ1n) is 16.7. The maximum absolute atomic E-state index is 9.96. The summed E-state index contributed by atoms with van der Waals surface area (Å²) in [6, 6.07) is 59.6. The zero-order valence-electron chi connectivity index (χ0n) is 26.8. The zero-order chi connectivity index (χ0) is 33.2. The van der Waals surface area contributed by atoms with Crippen LogP contribution in [0.5, 0.6) is 0 Å². The molecule has 232 valence electrons. The molecule has 0 amide bonds. The smallest absolute Gasteiger partial charge is 0.246 e. The molecule has 4 heteroatoms. The predicted molar refractivity (Wildman–Crippen MR) is 200 cm³/mol. The Morgan fingerprint density at radius 3 is 1.70 bits per heavy atom. The molecule has 0 bridgehead atoms. The fraction of sp³-hybridized carbons (Fsp3) is 0.0217. The van der Waals surface area contributed by atoms with Gasteiger partial charge in [-0.05, 0) is 98.1 Å². The van der Waals surface area contributed by atoms with Gasteiger partial charge < -0.3 is 4.42 Å². The fourth-order valence-electron chi connectivity index (χ4n) is 7.91. The van der Waals surface area contributed by atoms with Gasteiger partial charge in [0, 0.05) is 5.39 Å². The SMILES string of the molecule is N#Cc1ccc2c(c1)C(c1ccccc1)(c1ccccc1)c1cc(-c3ccc(-c4ccc5oc6nc7ccccc7nc6c5c4)cc3)ccc1-2. The Kier molecular flexibility index (Phi) is 6.12. The minimum absolute atomic E-state index is 0.552. The van der Waals surface area contributed by atoms with Crippen LogP contribution in [0.4, 0.5) is 0 Å². The normalized spacial score (nSPS) is 12.9. The summed E-state index contributed by atoms with van der Waals surface area (Å²) < 4.78 is 6.09. The average molecular weight is 638 g/mol. The number of hydrogen-bond donors (Lipinski definition) is 0. The van der Waals surface area contributed by atoms with E-state index < -0.39 is 5.41 Å². The second-order valence-corrected chi connectivity index (χ2v) is 12.9. The van der Waals surface area contributed by atoms with Crippen molar-refractivity contribution in [2.24, 2.45) is 0 Å². The highest BCUT2D eigenvalue weighted by Gasteiger charge is 2.46. The van der Waals surface area contributed by atoms with Crippen LogP contribution in [-0.4, -0.2) is 9.97 Å². The number of furan rings is 1. The molecule has 50 heavy (non-hydrogen) atoms. The van der Waals surface area contributed by atoms with Crippen LogP contribution in [-0.2, 0) is 5.41 Å². The lowest BCUT2D eigenvalue weighted by atomic mass is 9.67. The molecular formula is C46H27N3O. The second-order valence-electron chi connectivity index (χ2n) is 12.9. The molecule has 0 fully saturated rings. The van der Waals surface area contributed by atoms with Crippen LogP contribution < -0.4 is 0 Å². The van der Waals surface area contributed by atoms with E-state index in [1.807, 2.05) is 36.4 Å². The first-order valence-corrected chi connectivity index (χ1v) is 16.7. The van der Waals surface area contributed by atoms with Gasteiger partial charge in [0.2, 0.25) is 5.71 Å². The van der Waals surface area contributed by atoms with Gasteiger partial charge in [-0.2, -0.15) is 5.26 Å². The van der Waals surface area contributed by atoms with Crippen molar-refractivity contribution in [2.45, 2.75) is 5.41 Å². The minimum Gasteiger partial charge on any atom is -0.436 e. The lowest BCUT2D eigenvalue weighted by molar-refractivity contribution is 0.655. The molecule has 0 N–H and O–H groups in total. The number of fused-ring (bicyclic) bond motifs is 7. The molecule has 0 spiro atoms. The molecule has 1 aliphatic rings. The zero-order valence-corrected chi connectivity index (χ0v) is 26.8. The third kappa shape index (κ3) is 4.11. The number of nitriles is 1. The van der Waals surface area contributed by atoms with Crippen LogP contribution in [0.1, 0.15) is 27.8 Å². The van der Waals surface area contributed by atoms with Crippen LogP contribution in [0.2, 0.25) is 0 Å². The van der Waals surface area contributed by atoms with E-state index in [0.29, 0.717) is 11.3 Å². The molecule has 0 saturated carbocycles. The van der Waals surface area contributed by atoms with Crippen LogP contribution in [0.25, 0.3) is 66.6 Å². The van der Waals surface area contributed by atoms with Crippen molar-refractivity contribution in [3.05, 3.63) is 192 Å². The van der Waals surface area contributed by atoms with Gasteiger partial charge in [-0.3, -0.25) is 0 Å². The lowest BCUT2D eigenvalue weighted by Gasteiger charge is -2.34. The highest BCUT2D eigenvalue weighted by molar-refractivity contribution is 6.05. The maximum atomic E-state index is 9.96. The van der Waals surface area contributed by atoms with E-state index in [9.17, 15) is 5.26 Å². The summed E-state index contributed by atoms with van der Waals surface area (Å²) in [5.41, 5.74) is 15.4. The maximum Gasteiger partial charge on any atom is 0.246 e. The predicted octanol–water partition coefficient (Wildman–Crippen LogP) is 11.1. The van der Waals surface area contributed by atoms with Gasteiger partial charge >= 0.3 is 0 Å². The van der Waals surface area contributed by atoms with Crippen molar-refractivity contribution >= 4 is 33.2 Å². The van der Waals surface area contributed by atoms with E-state index in [1.54, 1.807) is 0 Å². The molecule has 0 unspecified atom stereocenters. The average Bonchev–Trinajstić information content (AvgIpc) is 3.69.